The van der Waals surface area contributed by atoms with Crippen LogP contribution in [0.2, 0.25) is 0 Å². The molecular formula is C17H26N2O2. The topological polar surface area (TPSA) is 33.7 Å². The quantitative estimate of drug-likeness (QED) is 0.901. The summed E-state index contributed by atoms with van der Waals surface area (Å²) in [5.74, 6) is 0.950. The molecule has 1 aromatic carbocycles. The summed E-state index contributed by atoms with van der Waals surface area (Å²) in [5.41, 5.74) is 2.50. The maximum absolute atomic E-state index is 6.05. The number of hydrogen-bond acceptors (Lipinski definition) is 4. The van der Waals surface area contributed by atoms with Gasteiger partial charge in [-0.1, -0.05) is 12.1 Å². The number of methoxy groups -OCH3 is 1. The molecule has 4 nitrogen and oxygen atoms in total. The molecule has 2 fully saturated rings. The molecule has 0 radical (unpaired) electrons. The van der Waals surface area contributed by atoms with E-state index in [0.717, 1.165) is 31.5 Å². The average Bonchev–Trinajstić information content (AvgIpc) is 3.29. The second kappa shape index (κ2) is 6.34. The van der Waals surface area contributed by atoms with Crippen molar-refractivity contribution in [2.45, 2.75) is 38.0 Å². The monoisotopic (exact) mass is 290 g/mol. The summed E-state index contributed by atoms with van der Waals surface area (Å²) in [5, 5.41) is 3.61. The molecule has 1 aliphatic carbocycles. The lowest BCUT2D eigenvalue weighted by molar-refractivity contribution is -0.0615. The molecule has 4 heteroatoms. The molecular weight excluding hydrogens is 264 g/mol. The SMILES string of the molecule is COc1ccc(C2C(CNC3CC3)OCCN2C)cc1C. The van der Waals surface area contributed by atoms with Crippen molar-refractivity contribution in [3.63, 3.8) is 0 Å². The lowest BCUT2D eigenvalue weighted by Gasteiger charge is -2.39. The van der Waals surface area contributed by atoms with Crippen molar-refractivity contribution in [1.82, 2.24) is 10.2 Å². The van der Waals surface area contributed by atoms with Crippen LogP contribution in [0.5, 0.6) is 5.75 Å². The molecule has 21 heavy (non-hydrogen) atoms. The molecule has 0 bridgehead atoms. The van der Waals surface area contributed by atoms with Crippen molar-refractivity contribution >= 4 is 0 Å². The Balaban J connectivity index is 1.78. The number of rotatable bonds is 5. The maximum atomic E-state index is 6.05. The summed E-state index contributed by atoms with van der Waals surface area (Å²) < 4.78 is 11.4. The van der Waals surface area contributed by atoms with Crippen LogP contribution in [0.1, 0.15) is 30.0 Å². The van der Waals surface area contributed by atoms with E-state index in [0.29, 0.717) is 6.04 Å². The van der Waals surface area contributed by atoms with Crippen LogP contribution in [0.4, 0.5) is 0 Å². The molecule has 1 heterocycles. The van der Waals surface area contributed by atoms with Crippen molar-refractivity contribution in [2.24, 2.45) is 0 Å². The first-order valence-corrected chi connectivity index (χ1v) is 7.89. The normalized spacial score (nSPS) is 26.8. The molecule has 116 valence electrons. The first-order valence-electron chi connectivity index (χ1n) is 7.89. The van der Waals surface area contributed by atoms with E-state index in [1.807, 2.05) is 0 Å². The van der Waals surface area contributed by atoms with Gasteiger partial charge in [-0.15, -0.1) is 0 Å². The third kappa shape index (κ3) is 3.39. The zero-order valence-electron chi connectivity index (χ0n) is 13.3. The molecule has 0 amide bonds. The van der Waals surface area contributed by atoms with Crippen LogP contribution in [0, 0.1) is 6.92 Å². The summed E-state index contributed by atoms with van der Waals surface area (Å²) in [7, 11) is 3.91. The van der Waals surface area contributed by atoms with E-state index in [2.05, 4.69) is 42.4 Å². The Kier molecular flexibility index (Phi) is 4.48. The average molecular weight is 290 g/mol. The van der Waals surface area contributed by atoms with Gasteiger partial charge in [-0.2, -0.15) is 0 Å². The van der Waals surface area contributed by atoms with Gasteiger partial charge >= 0.3 is 0 Å². The molecule has 3 rings (SSSR count). The summed E-state index contributed by atoms with van der Waals surface area (Å²) in [6.07, 6.45) is 2.85. The van der Waals surface area contributed by atoms with Gasteiger partial charge in [-0.3, -0.25) is 4.90 Å². The van der Waals surface area contributed by atoms with Crippen molar-refractivity contribution in [3.8, 4) is 5.75 Å². The van der Waals surface area contributed by atoms with Crippen molar-refractivity contribution in [3.05, 3.63) is 29.3 Å². The molecule has 0 aromatic heterocycles. The van der Waals surface area contributed by atoms with Crippen LogP contribution in [0.25, 0.3) is 0 Å². The number of morpholine rings is 1. The van der Waals surface area contributed by atoms with Crippen LogP contribution in [0.3, 0.4) is 0 Å². The minimum Gasteiger partial charge on any atom is -0.496 e. The Bertz CT molecular complexity index is 488. The highest BCUT2D eigenvalue weighted by atomic mass is 16.5. The van der Waals surface area contributed by atoms with E-state index >= 15 is 0 Å². The van der Waals surface area contributed by atoms with Gasteiger partial charge in [-0.25, -0.2) is 0 Å². The first-order chi connectivity index (χ1) is 10.2. The van der Waals surface area contributed by atoms with Crippen LogP contribution in [-0.4, -0.2) is 50.9 Å². The van der Waals surface area contributed by atoms with E-state index in [-0.39, 0.29) is 6.10 Å². The smallest absolute Gasteiger partial charge is 0.121 e. The molecule has 2 aliphatic rings. The second-order valence-corrected chi connectivity index (χ2v) is 6.25. The van der Waals surface area contributed by atoms with Gasteiger partial charge in [0.25, 0.3) is 0 Å². The summed E-state index contributed by atoms with van der Waals surface area (Å²) in [6, 6.07) is 7.51. The molecule has 1 N–H and O–H groups in total. The summed E-state index contributed by atoms with van der Waals surface area (Å²) >= 11 is 0. The standard InChI is InChI=1S/C17H26N2O2/c1-12-10-13(4-7-15(12)20-3)17-16(11-18-14-5-6-14)21-9-8-19(17)2/h4,7,10,14,16-18H,5-6,8-9,11H2,1-3H3. The van der Waals surface area contributed by atoms with Gasteiger partial charge in [0.15, 0.2) is 0 Å². The van der Waals surface area contributed by atoms with Gasteiger partial charge in [0.2, 0.25) is 0 Å². The lowest BCUT2D eigenvalue weighted by Crippen LogP contribution is -2.47. The zero-order valence-corrected chi connectivity index (χ0v) is 13.3. The molecule has 1 saturated carbocycles. The molecule has 2 unspecified atom stereocenters. The minimum absolute atomic E-state index is 0.220. The first kappa shape index (κ1) is 14.8. The summed E-state index contributed by atoms with van der Waals surface area (Å²) in [6.45, 7) is 4.84. The van der Waals surface area contributed by atoms with Crippen molar-refractivity contribution < 1.29 is 9.47 Å². The Labute approximate surface area is 127 Å². The number of benzene rings is 1. The number of ether oxygens (including phenoxy) is 2. The van der Waals surface area contributed by atoms with Gasteiger partial charge in [0.05, 0.1) is 25.9 Å². The van der Waals surface area contributed by atoms with Crippen molar-refractivity contribution in [2.75, 3.05) is 33.9 Å². The second-order valence-electron chi connectivity index (χ2n) is 6.25. The predicted octanol–water partition coefficient (Wildman–Crippen LogP) is 2.13. The van der Waals surface area contributed by atoms with Gasteiger partial charge in [0, 0.05) is 19.1 Å². The van der Waals surface area contributed by atoms with Gasteiger partial charge in [-0.05, 0) is 44.0 Å². The third-order valence-electron chi connectivity index (χ3n) is 4.55. The Morgan fingerprint density at radius 1 is 1.38 bits per heavy atom. The Hall–Kier alpha value is -1.10. The number of hydrogen-bond donors (Lipinski definition) is 1. The van der Waals surface area contributed by atoms with Gasteiger partial charge in [0.1, 0.15) is 5.75 Å². The molecule has 0 spiro atoms. The minimum atomic E-state index is 0.220. The molecule has 1 aromatic rings. The fourth-order valence-corrected chi connectivity index (χ4v) is 3.16. The van der Waals surface area contributed by atoms with E-state index < -0.39 is 0 Å². The Morgan fingerprint density at radius 3 is 2.86 bits per heavy atom. The highest BCUT2D eigenvalue weighted by molar-refractivity contribution is 5.38. The van der Waals surface area contributed by atoms with E-state index in [4.69, 9.17) is 9.47 Å². The highest BCUT2D eigenvalue weighted by Crippen LogP contribution is 2.31. The number of likely N-dealkylation sites (N-methyl/N-ethyl adjacent to an activating group) is 1. The van der Waals surface area contributed by atoms with Crippen LogP contribution < -0.4 is 10.1 Å². The third-order valence-corrected chi connectivity index (χ3v) is 4.55. The zero-order chi connectivity index (χ0) is 14.8. The van der Waals surface area contributed by atoms with E-state index in [9.17, 15) is 0 Å². The van der Waals surface area contributed by atoms with Crippen LogP contribution in [-0.2, 0) is 4.74 Å². The largest absolute Gasteiger partial charge is 0.496 e. The summed E-state index contributed by atoms with van der Waals surface area (Å²) in [4.78, 5) is 2.41. The van der Waals surface area contributed by atoms with E-state index in [1.54, 1.807) is 7.11 Å². The molecule has 1 aliphatic heterocycles. The highest BCUT2D eigenvalue weighted by Gasteiger charge is 2.33. The molecule has 2 atom stereocenters. The number of aryl methyl sites for hydroxylation is 1. The van der Waals surface area contributed by atoms with E-state index in [1.165, 1.54) is 24.0 Å². The number of nitrogens with one attached hydrogen (secondary N) is 1. The lowest BCUT2D eigenvalue weighted by atomic mass is 9.96. The fraction of sp³-hybridized carbons (Fsp3) is 0.647. The maximum Gasteiger partial charge on any atom is 0.121 e. The van der Waals surface area contributed by atoms with Crippen molar-refractivity contribution in [1.29, 1.82) is 0 Å². The number of nitrogens with zero attached hydrogens (tertiary/aromatic N) is 1. The van der Waals surface area contributed by atoms with Gasteiger partial charge < -0.3 is 14.8 Å². The van der Waals surface area contributed by atoms with Crippen LogP contribution >= 0.6 is 0 Å². The fourth-order valence-electron chi connectivity index (χ4n) is 3.16. The predicted molar refractivity (Wildman–Crippen MR) is 83.9 cm³/mol. The Morgan fingerprint density at radius 2 is 2.19 bits per heavy atom. The van der Waals surface area contributed by atoms with Crippen LogP contribution in [0.15, 0.2) is 18.2 Å². The molecule has 1 saturated heterocycles.